The zero-order valence-electron chi connectivity index (χ0n) is 16.3. The lowest BCUT2D eigenvalue weighted by atomic mass is 10.1. The number of benzene rings is 2. The van der Waals surface area contributed by atoms with Gasteiger partial charge in [-0.2, -0.15) is 0 Å². The van der Waals surface area contributed by atoms with E-state index in [1.807, 2.05) is 42.6 Å². The molecule has 0 bridgehead atoms. The first-order chi connectivity index (χ1) is 13.6. The van der Waals surface area contributed by atoms with Crippen LogP contribution in [0.5, 0.6) is 0 Å². The van der Waals surface area contributed by atoms with Gasteiger partial charge >= 0.3 is 0 Å². The predicted octanol–water partition coefficient (Wildman–Crippen LogP) is 3.31. The van der Waals surface area contributed by atoms with Gasteiger partial charge < -0.3 is 15.2 Å². The minimum atomic E-state index is -0.109. The Bertz CT molecular complexity index is 918. The number of aryl methyl sites for hydroxylation is 1. The number of hydrogen-bond donors (Lipinski definition) is 2. The molecule has 0 unspecified atom stereocenters. The van der Waals surface area contributed by atoms with Crippen molar-refractivity contribution in [2.24, 2.45) is 0 Å². The second-order valence-electron chi connectivity index (χ2n) is 6.99. The van der Waals surface area contributed by atoms with Gasteiger partial charge in [0.05, 0.1) is 6.54 Å². The van der Waals surface area contributed by atoms with Gasteiger partial charge in [-0.1, -0.05) is 48.5 Å². The fourth-order valence-corrected chi connectivity index (χ4v) is 3.34. The Hall–Kier alpha value is -3.08. The smallest absolute Gasteiger partial charge is 0.239 e. The molecule has 0 atom stereocenters. The van der Waals surface area contributed by atoms with E-state index in [9.17, 15) is 9.59 Å². The molecular formula is C23H27N3O2. The summed E-state index contributed by atoms with van der Waals surface area (Å²) in [6.07, 6.45) is 4.50. The van der Waals surface area contributed by atoms with Gasteiger partial charge in [0.15, 0.2) is 0 Å². The van der Waals surface area contributed by atoms with Gasteiger partial charge in [0.25, 0.3) is 0 Å². The number of carbonyl (C=O) groups is 2. The molecule has 1 aromatic heterocycles. The summed E-state index contributed by atoms with van der Waals surface area (Å²) in [5, 5.41) is 4.09. The minimum absolute atomic E-state index is 0.0840. The Morgan fingerprint density at radius 1 is 1.00 bits per heavy atom. The largest absolute Gasteiger partial charge is 0.361 e. The third kappa shape index (κ3) is 5.46. The number of para-hydroxylation sites is 1. The quantitative estimate of drug-likeness (QED) is 0.562. The number of carbonyl (C=O) groups excluding carboxylic acids is 2. The summed E-state index contributed by atoms with van der Waals surface area (Å²) >= 11 is 0. The van der Waals surface area contributed by atoms with Crippen LogP contribution >= 0.6 is 0 Å². The molecule has 5 heteroatoms. The Morgan fingerprint density at radius 3 is 2.54 bits per heavy atom. The maximum Gasteiger partial charge on any atom is 0.239 e. The van der Waals surface area contributed by atoms with E-state index in [2.05, 4.69) is 28.5 Å². The summed E-state index contributed by atoms with van der Waals surface area (Å²) in [5.41, 5.74) is 3.51. The summed E-state index contributed by atoms with van der Waals surface area (Å²) < 4.78 is 0. The highest BCUT2D eigenvalue weighted by atomic mass is 16.2. The third-order valence-electron chi connectivity index (χ3n) is 4.91. The number of aromatic nitrogens is 1. The van der Waals surface area contributed by atoms with Crippen LogP contribution in [0.3, 0.4) is 0 Å². The number of rotatable bonds is 9. The third-order valence-corrected chi connectivity index (χ3v) is 4.91. The topological polar surface area (TPSA) is 65.2 Å². The Balaban J connectivity index is 1.44. The summed E-state index contributed by atoms with van der Waals surface area (Å²) in [6.45, 7) is 2.75. The van der Waals surface area contributed by atoms with E-state index in [-0.39, 0.29) is 18.4 Å². The summed E-state index contributed by atoms with van der Waals surface area (Å²) in [5.74, 6) is -0.193. The van der Waals surface area contributed by atoms with Crippen LogP contribution in [0.4, 0.5) is 0 Å². The summed E-state index contributed by atoms with van der Waals surface area (Å²) in [6, 6.07) is 18.3. The highest BCUT2D eigenvalue weighted by molar-refractivity contribution is 5.84. The fourth-order valence-electron chi connectivity index (χ4n) is 3.34. The highest BCUT2D eigenvalue weighted by Crippen LogP contribution is 2.18. The van der Waals surface area contributed by atoms with E-state index in [0.29, 0.717) is 19.5 Å². The van der Waals surface area contributed by atoms with Crippen molar-refractivity contribution >= 4 is 22.7 Å². The average Bonchev–Trinajstić information content (AvgIpc) is 3.12. The normalized spacial score (nSPS) is 10.8. The van der Waals surface area contributed by atoms with Crippen LogP contribution in [-0.4, -0.2) is 41.3 Å². The number of hydrogen-bond acceptors (Lipinski definition) is 2. The zero-order valence-corrected chi connectivity index (χ0v) is 16.3. The molecule has 0 aliphatic rings. The van der Waals surface area contributed by atoms with Crippen LogP contribution < -0.4 is 5.32 Å². The van der Waals surface area contributed by atoms with E-state index in [4.69, 9.17) is 0 Å². The lowest BCUT2D eigenvalue weighted by Gasteiger charge is -2.20. The molecule has 2 amide bonds. The van der Waals surface area contributed by atoms with Crippen molar-refractivity contribution < 1.29 is 9.59 Å². The molecule has 0 saturated heterocycles. The minimum Gasteiger partial charge on any atom is -0.361 e. The first-order valence-corrected chi connectivity index (χ1v) is 9.74. The molecule has 0 spiro atoms. The Kier molecular flexibility index (Phi) is 6.84. The van der Waals surface area contributed by atoms with Crippen LogP contribution in [0.1, 0.15) is 24.5 Å². The summed E-state index contributed by atoms with van der Waals surface area (Å²) in [7, 11) is 0. The molecule has 0 aliphatic heterocycles. The van der Waals surface area contributed by atoms with Gasteiger partial charge in [0, 0.05) is 37.1 Å². The van der Waals surface area contributed by atoms with Gasteiger partial charge in [0.1, 0.15) is 0 Å². The molecule has 3 rings (SSSR count). The molecule has 0 fully saturated rings. The second-order valence-corrected chi connectivity index (χ2v) is 6.99. The molecule has 1 heterocycles. The van der Waals surface area contributed by atoms with Gasteiger partial charge in [-0.05, 0) is 36.5 Å². The zero-order chi connectivity index (χ0) is 19.8. The molecule has 0 saturated carbocycles. The standard InChI is InChI=1S/C23H27N3O2/c1-18(27)26(15-13-20-16-25-22-12-6-5-11-21(20)22)17-23(28)24-14-7-10-19-8-3-2-4-9-19/h2-6,8-9,11-12,16,25H,7,10,13-15,17H2,1H3,(H,24,28). The molecule has 2 aromatic carbocycles. The van der Waals surface area contributed by atoms with Crippen LogP contribution in [0.2, 0.25) is 0 Å². The Labute approximate surface area is 165 Å². The van der Waals surface area contributed by atoms with Crippen LogP contribution in [0.25, 0.3) is 10.9 Å². The first kappa shape index (κ1) is 19.7. The fraction of sp³-hybridized carbons (Fsp3) is 0.304. The predicted molar refractivity (Wildman–Crippen MR) is 112 cm³/mol. The molecule has 28 heavy (non-hydrogen) atoms. The number of aromatic amines is 1. The molecule has 0 aliphatic carbocycles. The van der Waals surface area contributed by atoms with E-state index in [0.717, 1.165) is 29.3 Å². The lowest BCUT2D eigenvalue weighted by molar-refractivity contribution is -0.134. The molecule has 2 N–H and O–H groups in total. The van der Waals surface area contributed by atoms with Crippen molar-refractivity contribution in [1.29, 1.82) is 0 Å². The Morgan fingerprint density at radius 2 is 1.75 bits per heavy atom. The second kappa shape index (κ2) is 9.74. The number of amides is 2. The van der Waals surface area contributed by atoms with Crippen molar-refractivity contribution in [1.82, 2.24) is 15.2 Å². The van der Waals surface area contributed by atoms with Gasteiger partial charge in [0.2, 0.25) is 11.8 Å². The molecule has 5 nitrogen and oxygen atoms in total. The molecule has 3 aromatic rings. The van der Waals surface area contributed by atoms with E-state index in [1.165, 1.54) is 12.5 Å². The van der Waals surface area contributed by atoms with Crippen LogP contribution in [-0.2, 0) is 22.4 Å². The van der Waals surface area contributed by atoms with E-state index in [1.54, 1.807) is 4.90 Å². The monoisotopic (exact) mass is 377 g/mol. The van der Waals surface area contributed by atoms with Crippen molar-refractivity contribution in [2.45, 2.75) is 26.2 Å². The van der Waals surface area contributed by atoms with Crippen molar-refractivity contribution in [3.05, 3.63) is 71.9 Å². The first-order valence-electron chi connectivity index (χ1n) is 9.74. The van der Waals surface area contributed by atoms with E-state index >= 15 is 0 Å². The SMILES string of the molecule is CC(=O)N(CCc1c[nH]c2ccccc12)CC(=O)NCCCc1ccccc1. The number of H-pyrrole nitrogens is 1. The molecule has 0 radical (unpaired) electrons. The lowest BCUT2D eigenvalue weighted by Crippen LogP contribution is -2.41. The van der Waals surface area contributed by atoms with Gasteiger partial charge in [-0.25, -0.2) is 0 Å². The van der Waals surface area contributed by atoms with Crippen LogP contribution in [0.15, 0.2) is 60.8 Å². The van der Waals surface area contributed by atoms with Gasteiger partial charge in [-0.3, -0.25) is 9.59 Å². The van der Waals surface area contributed by atoms with Gasteiger partial charge in [-0.15, -0.1) is 0 Å². The number of nitrogens with one attached hydrogen (secondary N) is 2. The summed E-state index contributed by atoms with van der Waals surface area (Å²) in [4.78, 5) is 29.0. The van der Waals surface area contributed by atoms with Crippen molar-refractivity contribution in [3.63, 3.8) is 0 Å². The average molecular weight is 377 g/mol. The van der Waals surface area contributed by atoms with E-state index < -0.39 is 0 Å². The van der Waals surface area contributed by atoms with Crippen molar-refractivity contribution in [3.8, 4) is 0 Å². The molecule has 146 valence electrons. The maximum absolute atomic E-state index is 12.2. The maximum atomic E-state index is 12.2. The number of fused-ring (bicyclic) bond motifs is 1. The van der Waals surface area contributed by atoms with Crippen molar-refractivity contribution in [2.75, 3.05) is 19.6 Å². The van der Waals surface area contributed by atoms with Crippen LogP contribution in [0, 0.1) is 0 Å². The molecular weight excluding hydrogens is 350 g/mol. The number of nitrogens with zero attached hydrogens (tertiary/aromatic N) is 1. The highest BCUT2D eigenvalue weighted by Gasteiger charge is 2.14.